The summed E-state index contributed by atoms with van der Waals surface area (Å²) in [6, 6.07) is 17.3. The quantitative estimate of drug-likeness (QED) is 0.554. The topological polar surface area (TPSA) is 89.7 Å². The Labute approximate surface area is 163 Å². The van der Waals surface area contributed by atoms with E-state index in [1.807, 2.05) is 54.7 Å². The van der Waals surface area contributed by atoms with Gasteiger partial charge in [-0.05, 0) is 30.0 Å². The number of fused-ring (bicyclic) bond motifs is 2. The Bertz CT molecular complexity index is 1250. The van der Waals surface area contributed by atoms with Gasteiger partial charge in [0.05, 0.1) is 16.6 Å². The zero-order chi connectivity index (χ0) is 18.9. The number of benzene rings is 2. The minimum atomic E-state index is -0.152. The molecule has 138 valence electrons. The van der Waals surface area contributed by atoms with Crippen LogP contribution in [0.25, 0.3) is 10.8 Å². The van der Waals surface area contributed by atoms with Crippen molar-refractivity contribution in [2.75, 3.05) is 10.7 Å². The summed E-state index contributed by atoms with van der Waals surface area (Å²) >= 11 is 1.46. The molecule has 8 nitrogen and oxygen atoms in total. The minimum Gasteiger partial charge on any atom is -0.349 e. The van der Waals surface area contributed by atoms with Crippen molar-refractivity contribution < 1.29 is 0 Å². The number of hydrogen-bond acceptors (Lipinski definition) is 7. The summed E-state index contributed by atoms with van der Waals surface area (Å²) in [4.78, 5) is 12.7. The summed E-state index contributed by atoms with van der Waals surface area (Å²) in [6.07, 6.45) is 3.53. The molecule has 0 saturated carbocycles. The average molecular weight is 389 g/mol. The van der Waals surface area contributed by atoms with Crippen LogP contribution in [0.1, 0.15) is 5.82 Å². The molecule has 1 aliphatic rings. The molecule has 0 radical (unpaired) electrons. The molecule has 2 N–H and O–H groups in total. The lowest BCUT2D eigenvalue weighted by atomic mass is 10.2. The van der Waals surface area contributed by atoms with E-state index >= 15 is 0 Å². The van der Waals surface area contributed by atoms with E-state index in [4.69, 9.17) is 0 Å². The van der Waals surface area contributed by atoms with Gasteiger partial charge in [0, 0.05) is 17.3 Å². The van der Waals surface area contributed by atoms with E-state index in [9.17, 15) is 4.79 Å². The van der Waals surface area contributed by atoms with Crippen LogP contribution in [0.5, 0.6) is 0 Å². The molecule has 0 atom stereocenters. The van der Waals surface area contributed by atoms with Gasteiger partial charge in [0.2, 0.25) is 5.16 Å². The molecule has 0 spiro atoms. The number of hydrogen-bond donors (Lipinski definition) is 2. The SMILES string of the molecule is O=c1c2ccccc2cnn1Cc1nnc2n1NC=C(Nc1ccccc1)S2. The Balaban J connectivity index is 1.39. The summed E-state index contributed by atoms with van der Waals surface area (Å²) in [6.45, 7) is 0.222. The summed E-state index contributed by atoms with van der Waals surface area (Å²) in [7, 11) is 0. The number of para-hydroxylation sites is 1. The van der Waals surface area contributed by atoms with E-state index in [1.54, 1.807) is 16.9 Å². The summed E-state index contributed by atoms with van der Waals surface area (Å²) < 4.78 is 3.15. The second kappa shape index (κ2) is 6.86. The van der Waals surface area contributed by atoms with Gasteiger partial charge in [-0.1, -0.05) is 36.4 Å². The highest BCUT2D eigenvalue weighted by atomic mass is 32.2. The van der Waals surface area contributed by atoms with Crippen LogP contribution in [0.4, 0.5) is 5.69 Å². The van der Waals surface area contributed by atoms with Gasteiger partial charge in [-0.2, -0.15) is 5.10 Å². The molecular weight excluding hydrogens is 374 g/mol. The summed E-state index contributed by atoms with van der Waals surface area (Å²) in [5.41, 5.74) is 4.00. The molecule has 4 aromatic rings. The van der Waals surface area contributed by atoms with Gasteiger partial charge in [0.25, 0.3) is 5.56 Å². The first kappa shape index (κ1) is 16.6. The number of aromatic nitrogens is 5. The van der Waals surface area contributed by atoms with Gasteiger partial charge >= 0.3 is 0 Å². The van der Waals surface area contributed by atoms with Gasteiger partial charge < -0.3 is 5.32 Å². The number of anilines is 1. The van der Waals surface area contributed by atoms with E-state index in [1.165, 1.54) is 16.4 Å². The predicted molar refractivity (Wildman–Crippen MR) is 108 cm³/mol. The molecule has 2 aromatic carbocycles. The molecule has 0 bridgehead atoms. The number of rotatable bonds is 4. The molecule has 28 heavy (non-hydrogen) atoms. The molecule has 3 heterocycles. The van der Waals surface area contributed by atoms with E-state index in [2.05, 4.69) is 26.0 Å². The van der Waals surface area contributed by atoms with E-state index in [0.29, 0.717) is 16.4 Å². The maximum atomic E-state index is 12.7. The van der Waals surface area contributed by atoms with Crippen LogP contribution in [0.2, 0.25) is 0 Å². The fraction of sp³-hybridized carbons (Fsp3) is 0.0526. The predicted octanol–water partition coefficient (Wildman–Crippen LogP) is 2.60. The largest absolute Gasteiger partial charge is 0.349 e. The highest BCUT2D eigenvalue weighted by molar-refractivity contribution is 8.03. The van der Waals surface area contributed by atoms with Crippen molar-refractivity contribution in [3.05, 3.63) is 88.2 Å². The number of thioether (sulfide) groups is 1. The van der Waals surface area contributed by atoms with Crippen molar-refractivity contribution in [3.63, 3.8) is 0 Å². The lowest BCUT2D eigenvalue weighted by Gasteiger charge is -2.18. The number of nitrogens with zero attached hydrogens (tertiary/aromatic N) is 5. The summed E-state index contributed by atoms with van der Waals surface area (Å²) in [5.74, 6) is 0.599. The average Bonchev–Trinajstić information content (AvgIpc) is 3.13. The van der Waals surface area contributed by atoms with Gasteiger partial charge in [-0.25, -0.2) is 9.36 Å². The molecule has 0 saturated heterocycles. The lowest BCUT2D eigenvalue weighted by Crippen LogP contribution is -2.27. The van der Waals surface area contributed by atoms with Gasteiger partial charge in [0.1, 0.15) is 6.54 Å². The third kappa shape index (κ3) is 3.01. The highest BCUT2D eigenvalue weighted by Gasteiger charge is 2.19. The van der Waals surface area contributed by atoms with Crippen molar-refractivity contribution >= 4 is 28.2 Å². The molecule has 0 fully saturated rings. The van der Waals surface area contributed by atoms with Gasteiger partial charge in [-0.3, -0.25) is 10.2 Å². The van der Waals surface area contributed by atoms with Gasteiger partial charge in [0.15, 0.2) is 5.82 Å². The Hall–Kier alpha value is -3.59. The normalized spacial score (nSPS) is 12.9. The Kier molecular flexibility index (Phi) is 4.06. The van der Waals surface area contributed by atoms with E-state index in [0.717, 1.165) is 16.1 Å². The first-order valence-electron chi connectivity index (χ1n) is 8.64. The van der Waals surface area contributed by atoms with Crippen LogP contribution in [0.3, 0.4) is 0 Å². The minimum absolute atomic E-state index is 0.152. The Morgan fingerprint density at radius 2 is 1.86 bits per heavy atom. The number of nitrogens with one attached hydrogen (secondary N) is 2. The smallest absolute Gasteiger partial charge is 0.275 e. The first-order valence-corrected chi connectivity index (χ1v) is 9.45. The van der Waals surface area contributed by atoms with Crippen LogP contribution in [-0.2, 0) is 6.54 Å². The van der Waals surface area contributed by atoms with Crippen LogP contribution in [0, 0.1) is 0 Å². The Morgan fingerprint density at radius 1 is 1.04 bits per heavy atom. The Morgan fingerprint density at radius 3 is 2.75 bits per heavy atom. The molecule has 0 aliphatic carbocycles. The third-order valence-electron chi connectivity index (χ3n) is 4.32. The zero-order valence-corrected chi connectivity index (χ0v) is 15.4. The zero-order valence-electron chi connectivity index (χ0n) is 14.6. The molecule has 0 amide bonds. The molecule has 9 heteroatoms. The standard InChI is InChI=1S/C19H15N7OS/c27-18-15-9-5-4-6-13(15)10-20-25(18)12-16-23-24-19-26(16)21-11-17(28-19)22-14-7-2-1-3-8-14/h1-11,21-22H,12H2. The molecular formula is C19H15N7OS. The van der Waals surface area contributed by atoms with Crippen molar-refractivity contribution in [3.8, 4) is 0 Å². The van der Waals surface area contributed by atoms with Crippen molar-refractivity contribution in [2.24, 2.45) is 0 Å². The summed E-state index contributed by atoms with van der Waals surface area (Å²) in [5, 5.41) is 19.1. The van der Waals surface area contributed by atoms with Crippen LogP contribution < -0.4 is 16.3 Å². The maximum absolute atomic E-state index is 12.7. The van der Waals surface area contributed by atoms with Crippen LogP contribution in [-0.4, -0.2) is 24.7 Å². The van der Waals surface area contributed by atoms with E-state index in [-0.39, 0.29) is 12.1 Å². The fourth-order valence-corrected chi connectivity index (χ4v) is 3.76. The van der Waals surface area contributed by atoms with Crippen LogP contribution in [0.15, 0.2) is 82.0 Å². The highest BCUT2D eigenvalue weighted by Crippen LogP contribution is 2.29. The first-order chi connectivity index (χ1) is 13.8. The monoisotopic (exact) mass is 389 g/mol. The van der Waals surface area contributed by atoms with Crippen molar-refractivity contribution in [2.45, 2.75) is 11.7 Å². The maximum Gasteiger partial charge on any atom is 0.275 e. The van der Waals surface area contributed by atoms with Crippen molar-refractivity contribution in [1.82, 2.24) is 24.7 Å². The molecule has 0 unspecified atom stereocenters. The van der Waals surface area contributed by atoms with Gasteiger partial charge in [-0.15, -0.1) is 10.2 Å². The van der Waals surface area contributed by atoms with Crippen molar-refractivity contribution in [1.29, 1.82) is 0 Å². The molecule has 2 aromatic heterocycles. The second-order valence-electron chi connectivity index (χ2n) is 6.16. The molecule has 5 rings (SSSR count). The van der Waals surface area contributed by atoms with E-state index < -0.39 is 0 Å². The third-order valence-corrected chi connectivity index (χ3v) is 5.21. The fourth-order valence-electron chi connectivity index (χ4n) is 2.95. The lowest BCUT2D eigenvalue weighted by molar-refractivity contribution is 0.599. The van der Waals surface area contributed by atoms with Crippen LogP contribution >= 0.6 is 11.8 Å². The molecule has 1 aliphatic heterocycles. The second-order valence-corrected chi connectivity index (χ2v) is 7.17.